The molecule has 8 N–H and O–H groups in total. The molecule has 0 aromatic rings. The van der Waals surface area contributed by atoms with Crippen LogP contribution >= 0.6 is 0 Å². The molecule has 1 amide bonds. The second-order valence-electron chi connectivity index (χ2n) is 21.0. The van der Waals surface area contributed by atoms with Crippen molar-refractivity contribution in [3.8, 4) is 0 Å². The maximum Gasteiger partial charge on any atom is 0.249 e. The number of aliphatic hydroxyl groups is 7. The molecule has 9 atom stereocenters. The van der Waals surface area contributed by atoms with Gasteiger partial charge in [0.2, 0.25) is 5.91 Å². The first-order chi connectivity index (χ1) is 34.7. The first kappa shape index (κ1) is 67.3. The normalized spacial score (nSPS) is 20.4. The molecule has 1 saturated heterocycles. The summed E-state index contributed by atoms with van der Waals surface area (Å²) in [6.45, 7) is 3.46. The van der Waals surface area contributed by atoms with Crippen LogP contribution in [0, 0.1) is 0 Å². The largest absolute Gasteiger partial charge is 0.394 e. The molecule has 71 heavy (non-hydrogen) atoms. The molecule has 418 valence electrons. The standard InChI is InChI=1S/C60H113NO10/c1-3-5-7-9-11-13-15-17-19-21-23-24-25-26-27-28-29-30-32-33-35-37-39-41-43-45-47-52(63)55(65)51(50-70-60-58(68)57(67)56(66)54(49-62)71-60)61-59(69)53(64)48-46-44-42-40-38-36-34-31-22-20-18-16-14-12-10-8-6-4-2/h27-28,32-33,39,41,51-58,60,62-68H,3-26,29-31,34-38,40,42-50H2,1-2H3,(H,61,69)/b28-27+,33-32+,41-39+. The molecule has 1 fully saturated rings. The fraction of sp³-hybridized carbons (Fsp3) is 0.883. The molecule has 0 aromatic carbocycles. The zero-order valence-electron chi connectivity index (χ0n) is 45.7. The quantitative estimate of drug-likeness (QED) is 0.0215. The van der Waals surface area contributed by atoms with Crippen molar-refractivity contribution in [3.05, 3.63) is 36.5 Å². The van der Waals surface area contributed by atoms with E-state index in [1.165, 1.54) is 180 Å². The van der Waals surface area contributed by atoms with Crippen LogP contribution in [0.3, 0.4) is 0 Å². The molecule has 1 aliphatic rings. The predicted molar refractivity (Wildman–Crippen MR) is 293 cm³/mol. The fourth-order valence-corrected chi connectivity index (χ4v) is 9.53. The SMILES string of the molecule is CCCCCCCCCCCCCCC/C=C/CC/C=C/CC/C=C/CCCC(O)C(O)C(COC1OC(CO)C(O)C(O)C1O)NC(=O)C(O)CCCCCCCCCCCCCCCCCCCC. The third-order valence-electron chi connectivity index (χ3n) is 14.4. The van der Waals surface area contributed by atoms with Gasteiger partial charge >= 0.3 is 0 Å². The summed E-state index contributed by atoms with van der Waals surface area (Å²) in [6.07, 6.45) is 49.2. The van der Waals surface area contributed by atoms with E-state index in [1.54, 1.807) is 0 Å². The monoisotopic (exact) mass is 1010 g/mol. The molecule has 9 unspecified atom stereocenters. The number of unbranched alkanes of at least 4 members (excludes halogenated alkanes) is 33. The Bertz CT molecular complexity index is 1250. The predicted octanol–water partition coefficient (Wildman–Crippen LogP) is 12.7. The number of carbonyl (C=O) groups is 1. The van der Waals surface area contributed by atoms with Gasteiger partial charge in [0.05, 0.1) is 25.4 Å². The number of amides is 1. The van der Waals surface area contributed by atoms with E-state index >= 15 is 0 Å². The van der Waals surface area contributed by atoms with Crippen molar-refractivity contribution in [1.29, 1.82) is 0 Å². The van der Waals surface area contributed by atoms with Gasteiger partial charge in [0.15, 0.2) is 6.29 Å². The van der Waals surface area contributed by atoms with Crippen molar-refractivity contribution < 1.29 is 50.0 Å². The Morgan fingerprint density at radius 3 is 1.25 bits per heavy atom. The number of ether oxygens (including phenoxy) is 2. The molecule has 0 aromatic heterocycles. The van der Waals surface area contributed by atoms with E-state index in [4.69, 9.17) is 9.47 Å². The molecule has 11 heteroatoms. The molecule has 0 saturated carbocycles. The fourth-order valence-electron chi connectivity index (χ4n) is 9.53. The maximum absolute atomic E-state index is 13.2. The Kier molecular flexibility index (Phi) is 46.7. The average molecular weight is 1010 g/mol. The number of nitrogens with one attached hydrogen (secondary N) is 1. The number of carbonyl (C=O) groups excluding carboxylic acids is 1. The lowest BCUT2D eigenvalue weighted by molar-refractivity contribution is -0.303. The summed E-state index contributed by atoms with van der Waals surface area (Å²) in [4.78, 5) is 13.2. The van der Waals surface area contributed by atoms with Gasteiger partial charge < -0.3 is 50.5 Å². The van der Waals surface area contributed by atoms with E-state index in [9.17, 15) is 40.5 Å². The molecule has 0 spiro atoms. The Hall–Kier alpha value is -1.67. The van der Waals surface area contributed by atoms with E-state index in [0.717, 1.165) is 44.9 Å². The van der Waals surface area contributed by atoms with E-state index in [1.807, 2.05) is 0 Å². The minimum absolute atomic E-state index is 0.243. The first-order valence-electron chi connectivity index (χ1n) is 29.9. The van der Waals surface area contributed by atoms with Crippen LogP contribution in [-0.4, -0.2) is 110 Å². The van der Waals surface area contributed by atoms with Crippen LogP contribution in [-0.2, 0) is 14.3 Å². The highest BCUT2D eigenvalue weighted by atomic mass is 16.7. The molecular weight excluding hydrogens is 895 g/mol. The van der Waals surface area contributed by atoms with Crippen molar-refractivity contribution in [2.45, 2.75) is 326 Å². The average Bonchev–Trinajstić information content (AvgIpc) is 3.37. The molecule has 0 radical (unpaired) electrons. The summed E-state index contributed by atoms with van der Waals surface area (Å²) in [5.74, 6) is -0.709. The van der Waals surface area contributed by atoms with Gasteiger partial charge in [-0.3, -0.25) is 4.79 Å². The summed E-state index contributed by atoms with van der Waals surface area (Å²) in [7, 11) is 0. The minimum Gasteiger partial charge on any atom is -0.394 e. The van der Waals surface area contributed by atoms with Crippen molar-refractivity contribution in [2.24, 2.45) is 0 Å². The zero-order valence-corrected chi connectivity index (χ0v) is 45.7. The minimum atomic E-state index is -1.67. The van der Waals surface area contributed by atoms with Crippen molar-refractivity contribution in [2.75, 3.05) is 13.2 Å². The van der Waals surface area contributed by atoms with Crippen LogP contribution in [0.15, 0.2) is 36.5 Å². The Labute approximate surface area is 435 Å². The van der Waals surface area contributed by atoms with Crippen LogP contribution in [0.1, 0.15) is 271 Å². The van der Waals surface area contributed by atoms with Crippen LogP contribution in [0.4, 0.5) is 0 Å². The number of hydrogen-bond acceptors (Lipinski definition) is 10. The van der Waals surface area contributed by atoms with Gasteiger partial charge in [-0.15, -0.1) is 0 Å². The van der Waals surface area contributed by atoms with Crippen molar-refractivity contribution in [1.82, 2.24) is 5.32 Å². The lowest BCUT2D eigenvalue weighted by Crippen LogP contribution is -2.60. The lowest BCUT2D eigenvalue weighted by Gasteiger charge is -2.40. The second-order valence-corrected chi connectivity index (χ2v) is 21.0. The zero-order chi connectivity index (χ0) is 51.8. The molecule has 0 bridgehead atoms. The van der Waals surface area contributed by atoms with E-state index in [2.05, 4.69) is 55.6 Å². The first-order valence-corrected chi connectivity index (χ1v) is 29.9. The van der Waals surface area contributed by atoms with Crippen molar-refractivity contribution >= 4 is 5.91 Å². The van der Waals surface area contributed by atoms with Crippen LogP contribution in [0.2, 0.25) is 0 Å². The van der Waals surface area contributed by atoms with E-state index < -0.39 is 74.2 Å². The van der Waals surface area contributed by atoms with Gasteiger partial charge in [-0.2, -0.15) is 0 Å². The Morgan fingerprint density at radius 1 is 0.479 bits per heavy atom. The molecule has 1 heterocycles. The number of hydrogen-bond donors (Lipinski definition) is 8. The highest BCUT2D eigenvalue weighted by Gasteiger charge is 2.44. The summed E-state index contributed by atoms with van der Waals surface area (Å²) in [6, 6.07) is -1.19. The summed E-state index contributed by atoms with van der Waals surface area (Å²) < 4.78 is 11.1. The van der Waals surface area contributed by atoms with Gasteiger partial charge in [-0.05, 0) is 64.2 Å². The van der Waals surface area contributed by atoms with Crippen LogP contribution < -0.4 is 5.32 Å². The number of allylic oxidation sites excluding steroid dienone is 6. The van der Waals surface area contributed by atoms with Crippen LogP contribution in [0.25, 0.3) is 0 Å². The number of rotatable bonds is 51. The Morgan fingerprint density at radius 2 is 0.845 bits per heavy atom. The second kappa shape index (κ2) is 49.2. The number of aliphatic hydroxyl groups excluding tert-OH is 7. The van der Waals surface area contributed by atoms with Crippen molar-refractivity contribution in [3.63, 3.8) is 0 Å². The van der Waals surface area contributed by atoms with Gasteiger partial charge in [-0.25, -0.2) is 0 Å². The van der Waals surface area contributed by atoms with Gasteiger partial charge in [0.1, 0.15) is 36.6 Å². The summed E-state index contributed by atoms with van der Waals surface area (Å²) >= 11 is 0. The Balaban J connectivity index is 2.33. The van der Waals surface area contributed by atoms with Gasteiger partial charge in [0.25, 0.3) is 0 Å². The molecule has 1 aliphatic heterocycles. The maximum atomic E-state index is 13.2. The topological polar surface area (TPSA) is 189 Å². The van der Waals surface area contributed by atoms with Gasteiger partial charge in [-0.1, -0.05) is 243 Å². The van der Waals surface area contributed by atoms with Gasteiger partial charge in [0, 0.05) is 0 Å². The highest BCUT2D eigenvalue weighted by Crippen LogP contribution is 2.23. The molecular formula is C60H113NO10. The van der Waals surface area contributed by atoms with Crippen LogP contribution in [0.5, 0.6) is 0 Å². The van der Waals surface area contributed by atoms with E-state index in [0.29, 0.717) is 19.3 Å². The third-order valence-corrected chi connectivity index (χ3v) is 14.4. The smallest absolute Gasteiger partial charge is 0.249 e. The lowest BCUT2D eigenvalue weighted by atomic mass is 9.98. The molecule has 1 rings (SSSR count). The highest BCUT2D eigenvalue weighted by molar-refractivity contribution is 5.80. The molecule has 11 nitrogen and oxygen atoms in total. The molecule has 0 aliphatic carbocycles. The van der Waals surface area contributed by atoms with E-state index in [-0.39, 0.29) is 12.8 Å². The third kappa shape index (κ3) is 37.7. The summed E-state index contributed by atoms with van der Waals surface area (Å²) in [5.41, 5.74) is 0. The summed E-state index contributed by atoms with van der Waals surface area (Å²) in [5, 5.41) is 76.1.